The summed E-state index contributed by atoms with van der Waals surface area (Å²) in [5.41, 5.74) is 20.2. The SMILES string of the molecule is Br.Br.COc1cc(C(=O)O)cc2nc(N)n(CC=CCn3c(N)nc4cc(C(N)=O)cc(OCC#CCN5CCN(C(=O)OC(C)C)CC5)c43)c12. The van der Waals surface area contributed by atoms with Crippen LogP contribution in [0, 0.1) is 11.8 Å². The van der Waals surface area contributed by atoms with Gasteiger partial charge in [0, 0.05) is 44.8 Å². The van der Waals surface area contributed by atoms with Crippen molar-refractivity contribution < 1.29 is 33.7 Å². The topological polar surface area (TPSA) is 219 Å². The van der Waals surface area contributed by atoms with E-state index in [2.05, 4.69) is 26.7 Å². The molecule has 2 amide bonds. The van der Waals surface area contributed by atoms with E-state index in [1.54, 1.807) is 26.2 Å². The fourth-order valence-electron chi connectivity index (χ4n) is 5.45. The summed E-state index contributed by atoms with van der Waals surface area (Å²) in [6.45, 7) is 7.28. The number of carbonyl (C=O) groups excluding carboxylic acids is 2. The highest BCUT2D eigenvalue weighted by Gasteiger charge is 2.22. The quantitative estimate of drug-likeness (QED) is 0.126. The van der Waals surface area contributed by atoms with E-state index in [0.717, 1.165) is 0 Å². The minimum atomic E-state index is -1.10. The minimum Gasteiger partial charge on any atom is -0.494 e. The maximum atomic E-state index is 12.1. The number of hydrogen-bond acceptors (Lipinski definition) is 11. The van der Waals surface area contributed by atoms with Gasteiger partial charge in [-0.15, -0.1) is 34.0 Å². The number of anilines is 2. The largest absolute Gasteiger partial charge is 0.494 e. The highest BCUT2D eigenvalue weighted by atomic mass is 79.9. The summed E-state index contributed by atoms with van der Waals surface area (Å²) in [6.07, 6.45) is 3.24. The number of aromatic carboxylic acids is 1. The second kappa shape index (κ2) is 17.8. The molecule has 1 aliphatic rings. The van der Waals surface area contributed by atoms with Crippen molar-refractivity contribution in [2.45, 2.75) is 33.0 Å². The lowest BCUT2D eigenvalue weighted by atomic mass is 10.1. The standard InChI is InChI=1S/C33H39N9O7.2BrH/c1-20(2)49-33(46)40-13-11-39(12-14-40)8-6-7-15-48-26-18-21(29(34)43)16-23-28(26)42(32(36)37-23)10-5-4-9-41-27-24(38-31(41)35)17-22(30(44)45)19-25(27)47-3;;/h4-5,16-20H,8-15H2,1-3H3,(H2,34,43)(H2,35,38)(H2,36,37)(H,44,45);2*1H. The van der Waals surface area contributed by atoms with Gasteiger partial charge in [0.25, 0.3) is 0 Å². The Morgan fingerprint density at radius 3 is 1.96 bits per heavy atom. The number of benzene rings is 2. The molecule has 1 aliphatic heterocycles. The molecule has 2 aromatic carbocycles. The zero-order valence-corrected chi connectivity index (χ0v) is 31.8. The number of ether oxygens (including phenoxy) is 3. The Labute approximate surface area is 315 Å². The third-order valence-corrected chi connectivity index (χ3v) is 7.86. The second-order valence-corrected chi connectivity index (χ2v) is 11.5. The smallest absolute Gasteiger partial charge is 0.410 e. The van der Waals surface area contributed by atoms with Crippen LogP contribution >= 0.6 is 34.0 Å². The third-order valence-electron chi connectivity index (χ3n) is 7.86. The number of primary amides is 1. The van der Waals surface area contributed by atoms with E-state index in [4.69, 9.17) is 31.4 Å². The van der Waals surface area contributed by atoms with Crippen LogP contribution in [0.5, 0.6) is 11.5 Å². The molecular formula is C33H41Br2N9O7. The number of aromatic nitrogens is 4. The van der Waals surface area contributed by atoms with Gasteiger partial charge >= 0.3 is 12.1 Å². The van der Waals surface area contributed by atoms with Crippen molar-refractivity contribution in [3.63, 3.8) is 0 Å². The molecule has 3 heterocycles. The predicted octanol–water partition coefficient (Wildman–Crippen LogP) is 3.31. The van der Waals surface area contributed by atoms with Crippen LogP contribution in [0.3, 0.4) is 0 Å². The molecule has 2 aromatic heterocycles. The number of nitrogen functional groups attached to an aromatic ring is 2. The van der Waals surface area contributed by atoms with E-state index in [1.807, 2.05) is 26.0 Å². The van der Waals surface area contributed by atoms with Gasteiger partial charge in [0.05, 0.1) is 36.4 Å². The average Bonchev–Trinajstić information content (AvgIpc) is 3.56. The number of rotatable bonds is 11. The van der Waals surface area contributed by atoms with E-state index in [-0.39, 0.29) is 75.8 Å². The fourth-order valence-corrected chi connectivity index (χ4v) is 5.45. The van der Waals surface area contributed by atoms with Gasteiger partial charge in [0.2, 0.25) is 17.8 Å². The van der Waals surface area contributed by atoms with Crippen LogP contribution < -0.4 is 26.7 Å². The molecule has 0 aliphatic carbocycles. The number of nitrogens with zero attached hydrogens (tertiary/aromatic N) is 6. The first-order valence-electron chi connectivity index (χ1n) is 15.5. The normalized spacial score (nSPS) is 13.1. The number of methoxy groups -OCH3 is 1. The predicted molar refractivity (Wildman–Crippen MR) is 203 cm³/mol. The lowest BCUT2D eigenvalue weighted by molar-refractivity contribution is 0.0593. The van der Waals surface area contributed by atoms with Gasteiger partial charge in [-0.1, -0.05) is 24.0 Å². The molecular weight excluding hydrogens is 794 g/mol. The van der Waals surface area contributed by atoms with Gasteiger partial charge in [0.1, 0.15) is 29.1 Å². The molecule has 1 saturated heterocycles. The van der Waals surface area contributed by atoms with Crippen molar-refractivity contribution in [1.82, 2.24) is 28.9 Å². The number of allylic oxidation sites excluding steroid dienone is 2. The van der Waals surface area contributed by atoms with Crippen molar-refractivity contribution in [1.29, 1.82) is 0 Å². The molecule has 1 fully saturated rings. The van der Waals surface area contributed by atoms with E-state index in [0.29, 0.717) is 79.4 Å². The number of piperazine rings is 1. The number of fused-ring (bicyclic) bond motifs is 2. The zero-order chi connectivity index (χ0) is 35.2. The van der Waals surface area contributed by atoms with E-state index >= 15 is 0 Å². The first kappa shape index (κ1) is 40.4. The second-order valence-electron chi connectivity index (χ2n) is 11.5. The van der Waals surface area contributed by atoms with Crippen LogP contribution in [0.4, 0.5) is 16.7 Å². The molecule has 0 unspecified atom stereocenters. The van der Waals surface area contributed by atoms with Crippen molar-refractivity contribution in [3.8, 4) is 23.3 Å². The monoisotopic (exact) mass is 833 g/mol. The molecule has 4 aromatic rings. The summed E-state index contributed by atoms with van der Waals surface area (Å²) in [6, 6.07) is 5.96. The third kappa shape index (κ3) is 9.42. The van der Waals surface area contributed by atoms with Gasteiger partial charge in [-0.2, -0.15) is 0 Å². The molecule has 18 heteroatoms. The van der Waals surface area contributed by atoms with Crippen LogP contribution in [-0.2, 0) is 17.8 Å². The highest BCUT2D eigenvalue weighted by molar-refractivity contribution is 8.93. The van der Waals surface area contributed by atoms with Gasteiger partial charge in [-0.05, 0) is 38.1 Å². The van der Waals surface area contributed by atoms with Crippen LogP contribution in [0.2, 0.25) is 0 Å². The van der Waals surface area contributed by atoms with Crippen molar-refractivity contribution in [2.24, 2.45) is 5.73 Å². The van der Waals surface area contributed by atoms with Crippen molar-refractivity contribution >= 4 is 85.9 Å². The zero-order valence-electron chi connectivity index (χ0n) is 28.3. The van der Waals surface area contributed by atoms with Crippen LogP contribution in [0.15, 0.2) is 36.4 Å². The molecule has 7 N–H and O–H groups in total. The number of imidazole rings is 2. The van der Waals surface area contributed by atoms with Crippen LogP contribution in [-0.4, -0.2) is 105 Å². The summed E-state index contributed by atoms with van der Waals surface area (Å²) in [5, 5.41) is 9.42. The first-order valence-corrected chi connectivity index (χ1v) is 15.5. The van der Waals surface area contributed by atoms with Gasteiger partial charge in [-0.25, -0.2) is 19.6 Å². The molecule has 0 atom stereocenters. The Morgan fingerprint density at radius 2 is 1.43 bits per heavy atom. The molecule has 0 saturated carbocycles. The Morgan fingerprint density at radius 1 is 0.882 bits per heavy atom. The maximum absolute atomic E-state index is 12.1. The minimum absolute atomic E-state index is 0. The Balaban J connectivity index is 0.00000351. The van der Waals surface area contributed by atoms with Crippen LogP contribution in [0.1, 0.15) is 34.6 Å². The summed E-state index contributed by atoms with van der Waals surface area (Å²) in [5.74, 6) is 5.45. The molecule has 0 spiro atoms. The highest BCUT2D eigenvalue weighted by Crippen LogP contribution is 2.31. The molecule has 51 heavy (non-hydrogen) atoms. The molecule has 274 valence electrons. The number of hydrogen-bond donors (Lipinski definition) is 4. The summed E-state index contributed by atoms with van der Waals surface area (Å²) < 4.78 is 20.2. The van der Waals surface area contributed by atoms with Crippen molar-refractivity contribution in [2.75, 3.05) is 57.9 Å². The number of carboxylic acid groups (broad SMARTS) is 1. The summed E-state index contributed by atoms with van der Waals surface area (Å²) in [7, 11) is 1.45. The Bertz CT molecular complexity index is 1990. The summed E-state index contributed by atoms with van der Waals surface area (Å²) >= 11 is 0. The molecule has 0 bridgehead atoms. The lowest BCUT2D eigenvalue weighted by Gasteiger charge is -2.33. The fraction of sp³-hybridized carbons (Fsp3) is 0.364. The van der Waals surface area contributed by atoms with Gasteiger partial charge < -0.3 is 50.6 Å². The first-order chi connectivity index (χ1) is 23.5. The number of halogens is 2. The Kier molecular flexibility index (Phi) is 14.1. The molecule has 16 nitrogen and oxygen atoms in total. The van der Waals surface area contributed by atoms with E-state index < -0.39 is 11.9 Å². The number of amides is 2. The number of nitrogens with two attached hydrogens (primary N) is 3. The van der Waals surface area contributed by atoms with Crippen molar-refractivity contribution in [3.05, 3.63) is 47.5 Å². The molecule has 0 radical (unpaired) electrons. The van der Waals surface area contributed by atoms with E-state index in [1.165, 1.54) is 19.2 Å². The van der Waals surface area contributed by atoms with Gasteiger partial charge in [-0.3, -0.25) is 9.69 Å². The average molecular weight is 836 g/mol. The Hall–Kier alpha value is -4.99. The van der Waals surface area contributed by atoms with Gasteiger partial charge in [0.15, 0.2) is 0 Å². The molecule has 5 rings (SSSR count). The maximum Gasteiger partial charge on any atom is 0.410 e. The lowest BCUT2D eigenvalue weighted by Crippen LogP contribution is -2.49. The number of carbonyl (C=O) groups is 3. The number of carboxylic acids is 1. The van der Waals surface area contributed by atoms with E-state index in [9.17, 15) is 19.5 Å². The van der Waals surface area contributed by atoms with Crippen LogP contribution in [0.25, 0.3) is 22.1 Å². The summed E-state index contributed by atoms with van der Waals surface area (Å²) in [4.78, 5) is 48.3.